The second-order valence-electron chi connectivity index (χ2n) is 9.48. The molecule has 1 N–H and O–H groups in total. The van der Waals surface area contributed by atoms with E-state index in [0.29, 0.717) is 6.42 Å². The van der Waals surface area contributed by atoms with Crippen LogP contribution in [0.3, 0.4) is 0 Å². The third-order valence-corrected chi connectivity index (χ3v) is 8.44. The number of hydrogen-bond donors (Lipinski definition) is 1. The van der Waals surface area contributed by atoms with Crippen LogP contribution in [0.1, 0.15) is 37.1 Å². The van der Waals surface area contributed by atoms with Crippen LogP contribution in [0.5, 0.6) is 5.75 Å². The second kappa shape index (κ2) is 13.2. The Morgan fingerprint density at radius 1 is 1.07 bits per heavy atom. The third kappa shape index (κ3) is 7.95. The first kappa shape index (κ1) is 32.1. The SMILES string of the molecule is O=C(NCc1cc(-c2cnc(C(F)(F)F)nc2)ncc1OC(F)F)[C@@H]1C[C@@H](F)CCCCN1S(=O)(=O)c1ccc(F)cc1. The predicted octanol–water partition coefficient (Wildman–Crippen LogP) is 4.89. The highest BCUT2D eigenvalue weighted by molar-refractivity contribution is 7.89. The summed E-state index contributed by atoms with van der Waals surface area (Å²) in [5.74, 6) is -3.53. The molecule has 1 aliphatic heterocycles. The van der Waals surface area contributed by atoms with E-state index in [1.165, 1.54) is 0 Å². The minimum Gasteiger partial charge on any atom is -0.433 e. The quantitative estimate of drug-likeness (QED) is 0.351. The van der Waals surface area contributed by atoms with Crippen LogP contribution in [0, 0.1) is 5.82 Å². The van der Waals surface area contributed by atoms with Gasteiger partial charge in [0.2, 0.25) is 21.8 Å². The molecule has 0 saturated carbocycles. The van der Waals surface area contributed by atoms with E-state index in [9.17, 15) is 43.9 Å². The van der Waals surface area contributed by atoms with Crippen molar-refractivity contribution in [2.75, 3.05) is 6.54 Å². The van der Waals surface area contributed by atoms with Gasteiger partial charge in [0.1, 0.15) is 23.8 Å². The standard InChI is InChI=1S/C26H24F7N5O4S/c27-17-4-6-19(7-5-17)43(40,41)38-8-2-1-3-18(28)10-21(38)23(39)35-11-15-9-20(34-14-22(15)42-25(29)30)16-12-36-24(37-13-16)26(31,32)33/h4-7,9,12-14,18,21,25H,1-3,8,10-11H2,(H,35,39)/t18-,21-/m0/s1. The number of carbonyl (C=O) groups excluding carboxylic acids is 1. The van der Waals surface area contributed by atoms with Crippen LogP contribution in [0.4, 0.5) is 30.7 Å². The molecule has 0 spiro atoms. The first-order chi connectivity index (χ1) is 20.3. The lowest BCUT2D eigenvalue weighted by Crippen LogP contribution is -2.51. The fourth-order valence-corrected chi connectivity index (χ4v) is 6.06. The molecule has 43 heavy (non-hydrogen) atoms. The Balaban J connectivity index is 1.62. The van der Waals surface area contributed by atoms with Gasteiger partial charge in [0.25, 0.3) is 0 Å². The van der Waals surface area contributed by atoms with Crippen LogP contribution < -0.4 is 10.1 Å². The molecule has 2 atom stereocenters. The van der Waals surface area contributed by atoms with Gasteiger partial charge in [-0.3, -0.25) is 9.78 Å². The Morgan fingerprint density at radius 3 is 2.37 bits per heavy atom. The molecule has 3 heterocycles. The van der Waals surface area contributed by atoms with Crippen molar-refractivity contribution in [3.8, 4) is 17.0 Å². The molecule has 3 aromatic rings. The van der Waals surface area contributed by atoms with Gasteiger partial charge in [-0.05, 0) is 49.6 Å². The maximum Gasteiger partial charge on any atom is 0.451 e. The largest absolute Gasteiger partial charge is 0.451 e. The zero-order chi connectivity index (χ0) is 31.4. The molecule has 9 nitrogen and oxygen atoms in total. The molecule has 2 aromatic heterocycles. The lowest BCUT2D eigenvalue weighted by molar-refractivity contribution is -0.145. The summed E-state index contributed by atoms with van der Waals surface area (Å²) in [5, 5.41) is 2.42. The number of aromatic nitrogens is 3. The number of amides is 1. The van der Waals surface area contributed by atoms with Crippen LogP contribution in [0.15, 0.2) is 53.8 Å². The Labute approximate surface area is 241 Å². The van der Waals surface area contributed by atoms with Gasteiger partial charge in [-0.15, -0.1) is 0 Å². The number of sulfonamides is 1. The van der Waals surface area contributed by atoms with Crippen molar-refractivity contribution in [1.29, 1.82) is 0 Å². The summed E-state index contributed by atoms with van der Waals surface area (Å²) in [6.45, 7) is -3.97. The highest BCUT2D eigenvalue weighted by atomic mass is 32.2. The number of ether oxygens (including phenoxy) is 1. The van der Waals surface area contributed by atoms with E-state index in [4.69, 9.17) is 0 Å². The lowest BCUT2D eigenvalue weighted by Gasteiger charge is -2.32. The van der Waals surface area contributed by atoms with Crippen molar-refractivity contribution >= 4 is 15.9 Å². The van der Waals surface area contributed by atoms with Crippen molar-refractivity contribution in [3.63, 3.8) is 0 Å². The molecule has 1 fully saturated rings. The summed E-state index contributed by atoms with van der Waals surface area (Å²) in [5.41, 5.74) is -0.162. The van der Waals surface area contributed by atoms with Crippen molar-refractivity contribution in [1.82, 2.24) is 24.6 Å². The maximum atomic E-state index is 14.7. The Morgan fingerprint density at radius 2 is 1.74 bits per heavy atom. The number of nitrogens with zero attached hydrogens (tertiary/aromatic N) is 4. The molecule has 232 valence electrons. The Bertz CT molecular complexity index is 1520. The molecule has 0 unspecified atom stereocenters. The average Bonchev–Trinajstić information content (AvgIpc) is 2.93. The summed E-state index contributed by atoms with van der Waals surface area (Å²) in [7, 11) is -4.39. The van der Waals surface area contributed by atoms with E-state index in [1.807, 2.05) is 0 Å². The van der Waals surface area contributed by atoms with E-state index in [2.05, 4.69) is 25.0 Å². The van der Waals surface area contributed by atoms with Gasteiger partial charge in [-0.25, -0.2) is 27.2 Å². The molecule has 1 amide bonds. The zero-order valence-electron chi connectivity index (χ0n) is 22.1. The van der Waals surface area contributed by atoms with Crippen LogP contribution in [-0.2, 0) is 27.5 Å². The average molecular weight is 636 g/mol. The van der Waals surface area contributed by atoms with E-state index in [0.717, 1.165) is 53.2 Å². The topological polar surface area (TPSA) is 114 Å². The molecule has 0 aliphatic carbocycles. The number of alkyl halides is 6. The van der Waals surface area contributed by atoms with Crippen LogP contribution in [-0.4, -0.2) is 59.0 Å². The molecular weight excluding hydrogens is 611 g/mol. The molecule has 17 heteroatoms. The van der Waals surface area contributed by atoms with E-state index >= 15 is 0 Å². The van der Waals surface area contributed by atoms with Gasteiger partial charge < -0.3 is 10.1 Å². The van der Waals surface area contributed by atoms with Gasteiger partial charge in [0.15, 0.2) is 0 Å². The molecule has 1 aromatic carbocycles. The zero-order valence-corrected chi connectivity index (χ0v) is 22.9. The number of pyridine rings is 1. The summed E-state index contributed by atoms with van der Waals surface area (Å²) in [4.78, 5) is 23.4. The molecule has 0 radical (unpaired) electrons. The summed E-state index contributed by atoms with van der Waals surface area (Å²) in [6, 6.07) is 3.49. The van der Waals surface area contributed by atoms with E-state index in [1.54, 1.807) is 0 Å². The van der Waals surface area contributed by atoms with Crippen molar-refractivity contribution in [2.24, 2.45) is 0 Å². The number of carbonyl (C=O) groups is 1. The highest BCUT2D eigenvalue weighted by Gasteiger charge is 2.38. The normalized spacial score (nSPS) is 18.6. The van der Waals surface area contributed by atoms with Crippen LogP contribution >= 0.6 is 0 Å². The monoisotopic (exact) mass is 635 g/mol. The summed E-state index contributed by atoms with van der Waals surface area (Å²) in [6.07, 6.45) is -3.66. The molecular formula is C26H24F7N5O4S. The minimum absolute atomic E-state index is 0.0129. The maximum absolute atomic E-state index is 14.7. The van der Waals surface area contributed by atoms with E-state index in [-0.39, 0.29) is 41.1 Å². The number of rotatable bonds is 8. The van der Waals surface area contributed by atoms with E-state index < -0.39 is 71.3 Å². The molecule has 0 bridgehead atoms. The van der Waals surface area contributed by atoms with Crippen LogP contribution in [0.2, 0.25) is 0 Å². The minimum atomic E-state index is -4.80. The Hall–Kier alpha value is -3.86. The highest BCUT2D eigenvalue weighted by Crippen LogP contribution is 2.30. The van der Waals surface area contributed by atoms with Gasteiger partial charge in [0, 0.05) is 43.0 Å². The number of benzene rings is 1. The van der Waals surface area contributed by atoms with Crippen molar-refractivity contribution < 1.29 is 48.7 Å². The molecule has 4 rings (SSSR count). The van der Waals surface area contributed by atoms with Gasteiger partial charge in [-0.2, -0.15) is 26.3 Å². The molecule has 1 saturated heterocycles. The predicted molar refractivity (Wildman–Crippen MR) is 136 cm³/mol. The third-order valence-electron chi connectivity index (χ3n) is 6.51. The van der Waals surface area contributed by atoms with Crippen molar-refractivity contribution in [2.45, 2.75) is 62.1 Å². The van der Waals surface area contributed by atoms with Gasteiger partial charge in [-0.1, -0.05) is 0 Å². The summed E-state index contributed by atoms with van der Waals surface area (Å²) < 4.78 is 125. The first-order valence-electron chi connectivity index (χ1n) is 12.8. The van der Waals surface area contributed by atoms with Gasteiger partial charge in [0.05, 0.1) is 16.8 Å². The van der Waals surface area contributed by atoms with Gasteiger partial charge >= 0.3 is 12.8 Å². The fourth-order valence-electron chi connectivity index (χ4n) is 4.42. The second-order valence-corrected chi connectivity index (χ2v) is 11.4. The number of nitrogens with one attached hydrogen (secondary N) is 1. The molecule has 1 aliphatic rings. The Kier molecular flexibility index (Phi) is 9.84. The first-order valence-corrected chi connectivity index (χ1v) is 14.2. The fraction of sp³-hybridized carbons (Fsp3) is 0.385. The summed E-state index contributed by atoms with van der Waals surface area (Å²) >= 11 is 0. The van der Waals surface area contributed by atoms with Crippen molar-refractivity contribution in [3.05, 3.63) is 66.1 Å². The number of hydrogen-bond acceptors (Lipinski definition) is 7. The lowest BCUT2D eigenvalue weighted by atomic mass is 10.0. The van der Waals surface area contributed by atoms with Crippen LogP contribution in [0.25, 0.3) is 11.3 Å². The number of halogens is 7. The smallest absolute Gasteiger partial charge is 0.433 e.